The van der Waals surface area contributed by atoms with Crippen molar-refractivity contribution in [2.75, 3.05) is 24.8 Å². The van der Waals surface area contributed by atoms with Crippen molar-refractivity contribution in [3.63, 3.8) is 0 Å². The van der Waals surface area contributed by atoms with E-state index in [1.165, 1.54) is 18.9 Å². The lowest BCUT2D eigenvalue weighted by Gasteiger charge is -2.08. The van der Waals surface area contributed by atoms with E-state index in [9.17, 15) is 9.59 Å². The molecule has 0 saturated carbocycles. The van der Waals surface area contributed by atoms with Crippen molar-refractivity contribution >= 4 is 29.3 Å². The second-order valence-electron chi connectivity index (χ2n) is 5.18. The van der Waals surface area contributed by atoms with E-state index in [1.54, 1.807) is 18.2 Å². The number of hydrogen-bond acceptors (Lipinski definition) is 5. The number of carbonyl (C=O) groups excluding carboxylic acids is 2. The maximum atomic E-state index is 12.3. The van der Waals surface area contributed by atoms with Gasteiger partial charge in [-0.15, -0.1) is 11.8 Å². The van der Waals surface area contributed by atoms with Crippen molar-refractivity contribution in [1.29, 1.82) is 0 Å². The van der Waals surface area contributed by atoms with Gasteiger partial charge in [0.2, 0.25) is 0 Å². The molecule has 0 radical (unpaired) electrons. The molecule has 0 aliphatic heterocycles. The molecule has 0 unspecified atom stereocenters. The molecule has 1 N–H and O–H groups in total. The number of carbonyl (C=O) groups is 2. The van der Waals surface area contributed by atoms with E-state index >= 15 is 0 Å². The summed E-state index contributed by atoms with van der Waals surface area (Å²) in [5.41, 5.74) is 2.34. The van der Waals surface area contributed by atoms with Crippen LogP contribution < -0.4 is 10.1 Å². The summed E-state index contributed by atoms with van der Waals surface area (Å²) >= 11 is 1.49. The van der Waals surface area contributed by atoms with Crippen LogP contribution in [0.4, 0.5) is 5.69 Å². The van der Waals surface area contributed by atoms with Crippen LogP contribution in [0.25, 0.3) is 0 Å². The van der Waals surface area contributed by atoms with Crippen molar-refractivity contribution in [2.24, 2.45) is 0 Å². The molecule has 2 aromatic carbocycles. The summed E-state index contributed by atoms with van der Waals surface area (Å²) in [6.07, 6.45) is 0. The molecule has 0 aliphatic rings. The van der Waals surface area contributed by atoms with Gasteiger partial charge >= 0.3 is 5.97 Å². The average molecular weight is 359 g/mol. The highest BCUT2D eigenvalue weighted by Gasteiger charge is 2.07. The normalized spacial score (nSPS) is 10.2. The van der Waals surface area contributed by atoms with Crippen LogP contribution in [0, 0.1) is 0 Å². The van der Waals surface area contributed by atoms with Gasteiger partial charge in [-0.25, -0.2) is 0 Å². The van der Waals surface area contributed by atoms with Crippen LogP contribution in [0.3, 0.4) is 0 Å². The number of hydrogen-bond donors (Lipinski definition) is 1. The lowest BCUT2D eigenvalue weighted by molar-refractivity contribution is -0.137. The van der Waals surface area contributed by atoms with Crippen molar-refractivity contribution < 1.29 is 19.1 Å². The summed E-state index contributed by atoms with van der Waals surface area (Å²) < 4.78 is 10.0. The first-order valence-electron chi connectivity index (χ1n) is 7.90. The average Bonchev–Trinajstić information content (AvgIpc) is 2.63. The lowest BCUT2D eigenvalue weighted by Crippen LogP contribution is -2.12. The van der Waals surface area contributed by atoms with E-state index in [0.29, 0.717) is 35.1 Å². The molecule has 0 fully saturated rings. The van der Waals surface area contributed by atoms with Gasteiger partial charge in [0, 0.05) is 17.0 Å². The first kappa shape index (κ1) is 18.9. The molecule has 6 heteroatoms. The molecule has 0 heterocycles. The number of nitrogens with one attached hydrogen (secondary N) is 1. The quantitative estimate of drug-likeness (QED) is 0.727. The Morgan fingerprint density at radius 2 is 1.88 bits per heavy atom. The zero-order valence-electron chi connectivity index (χ0n) is 14.3. The highest BCUT2D eigenvalue weighted by molar-refractivity contribution is 7.99. The highest BCUT2D eigenvalue weighted by atomic mass is 32.2. The monoisotopic (exact) mass is 359 g/mol. The third kappa shape index (κ3) is 6.15. The fraction of sp³-hybridized carbons (Fsp3) is 0.263. The van der Waals surface area contributed by atoms with Crippen LogP contribution in [0.1, 0.15) is 22.8 Å². The Balaban J connectivity index is 1.91. The predicted molar refractivity (Wildman–Crippen MR) is 100 cm³/mol. The predicted octanol–water partition coefficient (Wildman–Crippen LogP) is 3.74. The molecule has 5 nitrogen and oxygen atoms in total. The van der Waals surface area contributed by atoms with E-state index in [2.05, 4.69) is 10.1 Å². The summed E-state index contributed by atoms with van der Waals surface area (Å²) in [6, 6.07) is 14.6. The topological polar surface area (TPSA) is 64.6 Å². The van der Waals surface area contributed by atoms with E-state index in [0.717, 1.165) is 5.56 Å². The number of methoxy groups -OCH3 is 1. The molecular weight excluding hydrogens is 338 g/mol. The molecule has 0 saturated heterocycles. The fourth-order valence-corrected chi connectivity index (χ4v) is 2.91. The number of amides is 1. The van der Waals surface area contributed by atoms with Crippen LogP contribution in [-0.4, -0.2) is 31.3 Å². The highest BCUT2D eigenvalue weighted by Crippen LogP contribution is 2.18. The zero-order valence-corrected chi connectivity index (χ0v) is 15.1. The molecule has 0 bridgehead atoms. The summed E-state index contributed by atoms with van der Waals surface area (Å²) in [7, 11) is 1.38. The Morgan fingerprint density at radius 3 is 2.56 bits per heavy atom. The van der Waals surface area contributed by atoms with Gasteiger partial charge in [-0.05, 0) is 42.8 Å². The molecule has 132 valence electrons. The molecule has 0 atom stereocenters. The fourth-order valence-electron chi connectivity index (χ4n) is 2.09. The minimum absolute atomic E-state index is 0.186. The summed E-state index contributed by atoms with van der Waals surface area (Å²) in [4.78, 5) is 23.4. The minimum Gasteiger partial charge on any atom is -0.494 e. The van der Waals surface area contributed by atoms with E-state index in [1.807, 2.05) is 37.3 Å². The van der Waals surface area contributed by atoms with E-state index in [4.69, 9.17) is 4.74 Å². The maximum Gasteiger partial charge on any atom is 0.315 e. The second-order valence-corrected chi connectivity index (χ2v) is 6.17. The summed E-state index contributed by atoms with van der Waals surface area (Å²) in [6.45, 7) is 2.46. The summed E-state index contributed by atoms with van der Waals surface area (Å²) in [5.74, 6) is 1.29. The Labute approximate surface area is 151 Å². The Hall–Kier alpha value is -2.47. The Morgan fingerprint density at radius 1 is 1.12 bits per heavy atom. The van der Waals surface area contributed by atoms with Gasteiger partial charge < -0.3 is 14.8 Å². The summed E-state index contributed by atoms with van der Waals surface area (Å²) in [5, 5.41) is 2.86. The van der Waals surface area contributed by atoms with Crippen molar-refractivity contribution in [3.05, 3.63) is 59.7 Å². The minimum atomic E-state index is -0.233. The number of esters is 1. The third-order valence-corrected chi connectivity index (χ3v) is 4.31. The van der Waals surface area contributed by atoms with Crippen molar-refractivity contribution in [1.82, 2.24) is 0 Å². The molecule has 2 aromatic rings. The number of anilines is 1. The standard InChI is InChI=1S/C19H21NO4S/c1-3-24-17-6-4-5-15(11-17)19(22)20-16-9-7-14(8-10-16)12-25-13-18(21)23-2/h4-11H,3,12-13H2,1-2H3,(H,20,22). The number of benzene rings is 2. The van der Waals surface area contributed by atoms with Gasteiger partial charge in [-0.2, -0.15) is 0 Å². The van der Waals surface area contributed by atoms with E-state index < -0.39 is 0 Å². The Bertz CT molecular complexity index is 716. The largest absolute Gasteiger partial charge is 0.494 e. The third-order valence-electron chi connectivity index (χ3n) is 3.34. The molecule has 25 heavy (non-hydrogen) atoms. The SMILES string of the molecule is CCOc1cccc(C(=O)Nc2ccc(CSCC(=O)OC)cc2)c1. The molecule has 0 aromatic heterocycles. The van der Waals surface area contributed by atoms with Crippen LogP contribution in [0.15, 0.2) is 48.5 Å². The zero-order chi connectivity index (χ0) is 18.1. The smallest absolute Gasteiger partial charge is 0.315 e. The lowest BCUT2D eigenvalue weighted by atomic mass is 10.2. The first-order chi connectivity index (χ1) is 12.1. The van der Waals surface area contributed by atoms with Crippen LogP contribution in [-0.2, 0) is 15.3 Å². The molecule has 2 rings (SSSR count). The van der Waals surface area contributed by atoms with E-state index in [-0.39, 0.29) is 11.9 Å². The van der Waals surface area contributed by atoms with Crippen molar-refractivity contribution in [2.45, 2.75) is 12.7 Å². The van der Waals surface area contributed by atoms with Crippen molar-refractivity contribution in [3.8, 4) is 5.75 Å². The number of thioether (sulfide) groups is 1. The molecular formula is C19H21NO4S. The van der Waals surface area contributed by atoms with Gasteiger partial charge in [-0.3, -0.25) is 9.59 Å². The van der Waals surface area contributed by atoms with Gasteiger partial charge in [-0.1, -0.05) is 18.2 Å². The van der Waals surface area contributed by atoms with Gasteiger partial charge in [0.1, 0.15) is 5.75 Å². The van der Waals surface area contributed by atoms with Crippen LogP contribution in [0.2, 0.25) is 0 Å². The molecule has 1 amide bonds. The van der Waals surface area contributed by atoms with Gasteiger partial charge in [0.15, 0.2) is 0 Å². The van der Waals surface area contributed by atoms with Gasteiger partial charge in [0.25, 0.3) is 5.91 Å². The Kier molecular flexibility index (Phi) is 7.35. The van der Waals surface area contributed by atoms with Gasteiger partial charge in [0.05, 0.1) is 19.5 Å². The number of rotatable bonds is 8. The number of ether oxygens (including phenoxy) is 2. The van der Waals surface area contributed by atoms with Crippen LogP contribution in [0.5, 0.6) is 5.75 Å². The first-order valence-corrected chi connectivity index (χ1v) is 9.05. The molecule has 0 aliphatic carbocycles. The van der Waals surface area contributed by atoms with Crippen LogP contribution >= 0.6 is 11.8 Å². The maximum absolute atomic E-state index is 12.3. The molecule has 0 spiro atoms. The second kappa shape index (κ2) is 9.74.